The van der Waals surface area contributed by atoms with Gasteiger partial charge in [0.05, 0.1) is 12.0 Å². The van der Waals surface area contributed by atoms with Crippen LogP contribution < -0.4 is 0 Å². The summed E-state index contributed by atoms with van der Waals surface area (Å²) in [6, 6.07) is 19.4. The minimum Gasteiger partial charge on any atom is -0.441 e. The molecule has 0 radical (unpaired) electrons. The second-order valence-electron chi connectivity index (χ2n) is 9.50. The zero-order valence-electron chi connectivity index (χ0n) is 18.5. The molecule has 2 aromatic rings. The summed E-state index contributed by atoms with van der Waals surface area (Å²) in [5, 5.41) is 0. The molecule has 30 heavy (non-hydrogen) atoms. The van der Waals surface area contributed by atoms with Gasteiger partial charge < -0.3 is 4.74 Å². The highest BCUT2D eigenvalue weighted by Crippen LogP contribution is 2.37. The summed E-state index contributed by atoms with van der Waals surface area (Å²) < 4.78 is 5.63. The molecule has 2 atom stereocenters. The molecule has 2 aromatic carbocycles. The van der Waals surface area contributed by atoms with Gasteiger partial charge in [0, 0.05) is 0 Å². The van der Waals surface area contributed by atoms with E-state index in [1.807, 2.05) is 107 Å². The maximum absolute atomic E-state index is 13.7. The molecule has 2 amide bonds. The van der Waals surface area contributed by atoms with Crippen molar-refractivity contribution in [3.05, 3.63) is 77.9 Å². The Morgan fingerprint density at radius 2 is 1.63 bits per heavy atom. The van der Waals surface area contributed by atoms with Crippen molar-refractivity contribution >= 4 is 18.1 Å². The first-order valence-electron chi connectivity index (χ1n) is 10.4. The van der Waals surface area contributed by atoms with Crippen LogP contribution in [0.2, 0.25) is 0 Å². The van der Waals surface area contributed by atoms with Crippen LogP contribution in [0.1, 0.15) is 45.7 Å². The lowest BCUT2D eigenvalue weighted by Crippen LogP contribution is -2.49. The Morgan fingerprint density at radius 1 is 1.07 bits per heavy atom. The van der Waals surface area contributed by atoms with E-state index < -0.39 is 17.6 Å². The molecule has 4 nitrogen and oxygen atoms in total. The van der Waals surface area contributed by atoms with Crippen LogP contribution in [0.15, 0.2) is 66.7 Å². The first-order valence-corrected chi connectivity index (χ1v) is 10.4. The normalized spacial score (nSPS) is 19.7. The van der Waals surface area contributed by atoms with Crippen molar-refractivity contribution in [2.75, 3.05) is 0 Å². The standard InChI is InChI=1S/C26H31NO3/c1-25(2,3)21(17-16-19-12-8-6-9-13-19)23(28)27-22(26(4,5)30-24(27)29)18-20-14-10-7-11-15-20/h6-17,21-22H,18H2,1-5H3/b17-16+/t21-,22-/m0/s1. The number of carbonyl (C=O) groups excluding carboxylic acids is 2. The highest BCUT2D eigenvalue weighted by molar-refractivity contribution is 5.97. The van der Waals surface area contributed by atoms with Gasteiger partial charge in [0.1, 0.15) is 5.60 Å². The third-order valence-corrected chi connectivity index (χ3v) is 5.65. The van der Waals surface area contributed by atoms with Crippen molar-refractivity contribution in [1.29, 1.82) is 0 Å². The fraction of sp³-hybridized carbons (Fsp3) is 0.385. The third kappa shape index (κ3) is 4.81. The van der Waals surface area contributed by atoms with E-state index in [1.165, 1.54) is 4.90 Å². The summed E-state index contributed by atoms with van der Waals surface area (Å²) >= 11 is 0. The Balaban J connectivity index is 1.93. The van der Waals surface area contributed by atoms with Crippen LogP contribution in [-0.2, 0) is 16.0 Å². The molecule has 3 rings (SSSR count). The van der Waals surface area contributed by atoms with Gasteiger partial charge in [-0.1, -0.05) is 93.6 Å². The first kappa shape index (κ1) is 21.8. The first-order chi connectivity index (χ1) is 14.1. The summed E-state index contributed by atoms with van der Waals surface area (Å²) in [4.78, 5) is 27.8. The molecule has 1 saturated heterocycles. The van der Waals surface area contributed by atoms with E-state index in [-0.39, 0.29) is 17.4 Å². The van der Waals surface area contributed by atoms with Crippen LogP contribution in [0.5, 0.6) is 0 Å². The summed E-state index contributed by atoms with van der Waals surface area (Å²) in [5.74, 6) is -0.677. The van der Waals surface area contributed by atoms with E-state index in [2.05, 4.69) is 0 Å². The number of nitrogens with zero attached hydrogens (tertiary/aromatic N) is 1. The molecule has 1 aliphatic rings. The summed E-state index contributed by atoms with van der Waals surface area (Å²) in [6.45, 7) is 9.80. The lowest BCUT2D eigenvalue weighted by molar-refractivity contribution is -0.135. The van der Waals surface area contributed by atoms with E-state index in [4.69, 9.17) is 4.74 Å². The van der Waals surface area contributed by atoms with Crippen molar-refractivity contribution in [3.8, 4) is 0 Å². The molecular formula is C26H31NO3. The van der Waals surface area contributed by atoms with E-state index >= 15 is 0 Å². The van der Waals surface area contributed by atoms with Crippen LogP contribution >= 0.6 is 0 Å². The minimum atomic E-state index is -0.756. The summed E-state index contributed by atoms with van der Waals surface area (Å²) in [6.07, 6.45) is 3.86. The van der Waals surface area contributed by atoms with E-state index in [9.17, 15) is 9.59 Å². The smallest absolute Gasteiger partial charge is 0.417 e. The number of cyclic esters (lactones) is 1. The monoisotopic (exact) mass is 405 g/mol. The summed E-state index contributed by atoms with van der Waals surface area (Å²) in [7, 11) is 0. The molecule has 1 heterocycles. The van der Waals surface area contributed by atoms with Crippen LogP contribution in [0, 0.1) is 11.3 Å². The van der Waals surface area contributed by atoms with Gasteiger partial charge in [0.25, 0.3) is 0 Å². The fourth-order valence-corrected chi connectivity index (χ4v) is 3.86. The van der Waals surface area contributed by atoms with Crippen LogP contribution in [0.25, 0.3) is 6.08 Å². The lowest BCUT2D eigenvalue weighted by Gasteiger charge is -2.33. The molecule has 4 heteroatoms. The van der Waals surface area contributed by atoms with Gasteiger partial charge in [-0.2, -0.15) is 0 Å². The highest BCUT2D eigenvalue weighted by Gasteiger charge is 2.52. The quantitative estimate of drug-likeness (QED) is 0.638. The van der Waals surface area contributed by atoms with Crippen molar-refractivity contribution in [2.24, 2.45) is 11.3 Å². The SMILES string of the molecule is CC(C)(C)[C@@H](/C=C/c1ccccc1)C(=O)N1C(=O)OC(C)(C)[C@@H]1Cc1ccccc1. The van der Waals surface area contributed by atoms with Crippen molar-refractivity contribution in [2.45, 2.75) is 52.7 Å². The van der Waals surface area contributed by atoms with Crippen LogP contribution in [0.4, 0.5) is 4.79 Å². The van der Waals surface area contributed by atoms with Crippen LogP contribution in [-0.4, -0.2) is 28.5 Å². The molecule has 1 fully saturated rings. The molecule has 158 valence electrons. The Labute approximate surface area is 179 Å². The Bertz CT molecular complexity index is 910. The topological polar surface area (TPSA) is 46.6 Å². The van der Waals surface area contributed by atoms with Gasteiger partial charge >= 0.3 is 6.09 Å². The van der Waals surface area contributed by atoms with E-state index in [1.54, 1.807) is 0 Å². The Hall–Kier alpha value is -2.88. The average molecular weight is 406 g/mol. The predicted octanol–water partition coefficient (Wildman–Crippen LogP) is 5.73. The minimum absolute atomic E-state index is 0.216. The molecule has 0 N–H and O–H groups in total. The third-order valence-electron chi connectivity index (χ3n) is 5.65. The predicted molar refractivity (Wildman–Crippen MR) is 120 cm³/mol. The number of amides is 2. The molecule has 0 unspecified atom stereocenters. The zero-order chi connectivity index (χ0) is 21.9. The van der Waals surface area contributed by atoms with Gasteiger partial charge in [-0.05, 0) is 36.8 Å². The zero-order valence-corrected chi connectivity index (χ0v) is 18.5. The van der Waals surface area contributed by atoms with Gasteiger partial charge in [-0.15, -0.1) is 0 Å². The molecular weight excluding hydrogens is 374 g/mol. The van der Waals surface area contributed by atoms with E-state index in [0.717, 1.165) is 11.1 Å². The molecule has 0 spiro atoms. The van der Waals surface area contributed by atoms with E-state index in [0.29, 0.717) is 6.42 Å². The largest absolute Gasteiger partial charge is 0.441 e. The second-order valence-corrected chi connectivity index (χ2v) is 9.50. The summed E-state index contributed by atoms with van der Waals surface area (Å²) in [5.41, 5.74) is 0.976. The van der Waals surface area contributed by atoms with Crippen LogP contribution in [0.3, 0.4) is 0 Å². The van der Waals surface area contributed by atoms with Gasteiger partial charge in [-0.25, -0.2) is 9.69 Å². The number of benzene rings is 2. The molecule has 0 aliphatic carbocycles. The number of rotatable bonds is 5. The van der Waals surface area contributed by atoms with Crippen molar-refractivity contribution < 1.29 is 14.3 Å². The van der Waals surface area contributed by atoms with Crippen molar-refractivity contribution in [1.82, 2.24) is 4.90 Å². The fourth-order valence-electron chi connectivity index (χ4n) is 3.86. The number of ether oxygens (including phenoxy) is 1. The molecule has 0 bridgehead atoms. The molecule has 1 aliphatic heterocycles. The number of hydrogen-bond donors (Lipinski definition) is 0. The van der Waals surface area contributed by atoms with Crippen molar-refractivity contribution in [3.63, 3.8) is 0 Å². The molecule has 0 aromatic heterocycles. The second kappa shape index (κ2) is 8.47. The maximum Gasteiger partial charge on any atom is 0.417 e. The lowest BCUT2D eigenvalue weighted by atomic mass is 9.78. The average Bonchev–Trinajstić information content (AvgIpc) is 2.90. The van der Waals surface area contributed by atoms with Gasteiger partial charge in [-0.3, -0.25) is 4.79 Å². The number of hydrogen-bond acceptors (Lipinski definition) is 3. The van der Waals surface area contributed by atoms with Gasteiger partial charge in [0.15, 0.2) is 0 Å². The number of carbonyl (C=O) groups is 2. The maximum atomic E-state index is 13.7. The Kier molecular flexibility index (Phi) is 6.16. The Morgan fingerprint density at radius 3 is 2.20 bits per heavy atom. The molecule has 0 saturated carbocycles. The number of imide groups is 1. The van der Waals surface area contributed by atoms with Gasteiger partial charge in [0.2, 0.25) is 5.91 Å². The highest BCUT2D eigenvalue weighted by atomic mass is 16.6.